The van der Waals surface area contributed by atoms with Crippen LogP contribution in [0, 0.1) is 6.92 Å². The lowest BCUT2D eigenvalue weighted by molar-refractivity contribution is 0.262. The van der Waals surface area contributed by atoms with E-state index in [4.69, 9.17) is 4.74 Å². The van der Waals surface area contributed by atoms with Crippen molar-refractivity contribution in [3.8, 4) is 16.3 Å². The summed E-state index contributed by atoms with van der Waals surface area (Å²) >= 11 is 1.28. The molecule has 0 spiro atoms. The van der Waals surface area contributed by atoms with Gasteiger partial charge in [-0.25, -0.2) is 4.79 Å². The number of hydrogen-bond acceptors (Lipinski definition) is 5. The second-order valence-electron chi connectivity index (χ2n) is 5.06. The Labute approximate surface area is 143 Å². The highest BCUT2D eigenvalue weighted by atomic mass is 32.1. The van der Waals surface area contributed by atoms with E-state index in [9.17, 15) is 4.79 Å². The first kappa shape index (κ1) is 15.9. The predicted molar refractivity (Wildman–Crippen MR) is 95.7 cm³/mol. The van der Waals surface area contributed by atoms with Gasteiger partial charge in [-0.3, -0.25) is 5.32 Å². The van der Waals surface area contributed by atoms with Crippen molar-refractivity contribution >= 4 is 28.2 Å². The number of amides is 2. The molecule has 6 nitrogen and oxygen atoms in total. The van der Waals surface area contributed by atoms with Gasteiger partial charge in [-0.15, -0.1) is 10.2 Å². The van der Waals surface area contributed by atoms with Crippen LogP contribution in [-0.2, 0) is 0 Å². The SMILES string of the molecule is COc1ccccc1-c1nnc(NC(=O)Nc2ccc(C)cc2)s1. The Morgan fingerprint density at radius 3 is 2.54 bits per heavy atom. The third-order valence-electron chi connectivity index (χ3n) is 3.29. The van der Waals surface area contributed by atoms with Crippen LogP contribution >= 0.6 is 11.3 Å². The number of benzene rings is 2. The van der Waals surface area contributed by atoms with E-state index < -0.39 is 0 Å². The Bertz CT molecular complexity index is 846. The van der Waals surface area contributed by atoms with Crippen molar-refractivity contribution in [1.82, 2.24) is 10.2 Å². The lowest BCUT2D eigenvalue weighted by Gasteiger charge is -2.05. The highest BCUT2D eigenvalue weighted by Gasteiger charge is 2.12. The molecule has 0 unspecified atom stereocenters. The monoisotopic (exact) mass is 340 g/mol. The van der Waals surface area contributed by atoms with Crippen LogP contribution in [0.5, 0.6) is 5.75 Å². The summed E-state index contributed by atoms with van der Waals surface area (Å²) in [5.41, 5.74) is 2.68. The van der Waals surface area contributed by atoms with E-state index in [1.807, 2.05) is 55.5 Å². The van der Waals surface area contributed by atoms with Crippen molar-refractivity contribution in [2.75, 3.05) is 17.7 Å². The summed E-state index contributed by atoms with van der Waals surface area (Å²) in [6.07, 6.45) is 0. The van der Waals surface area contributed by atoms with Crippen LogP contribution in [0.2, 0.25) is 0 Å². The van der Waals surface area contributed by atoms with Crippen LogP contribution in [-0.4, -0.2) is 23.3 Å². The molecule has 122 valence electrons. The van der Waals surface area contributed by atoms with Gasteiger partial charge in [0.2, 0.25) is 5.13 Å². The van der Waals surface area contributed by atoms with Gasteiger partial charge in [-0.2, -0.15) is 0 Å². The molecule has 0 saturated carbocycles. The van der Waals surface area contributed by atoms with E-state index in [0.29, 0.717) is 21.6 Å². The van der Waals surface area contributed by atoms with Gasteiger partial charge in [0.05, 0.1) is 12.7 Å². The third kappa shape index (κ3) is 3.69. The normalized spacial score (nSPS) is 10.2. The number of aromatic nitrogens is 2. The van der Waals surface area contributed by atoms with E-state index in [2.05, 4.69) is 20.8 Å². The zero-order valence-electron chi connectivity index (χ0n) is 13.2. The van der Waals surface area contributed by atoms with E-state index in [0.717, 1.165) is 11.1 Å². The van der Waals surface area contributed by atoms with Crippen molar-refractivity contribution in [3.05, 3.63) is 54.1 Å². The van der Waals surface area contributed by atoms with Crippen molar-refractivity contribution in [3.63, 3.8) is 0 Å². The highest BCUT2D eigenvalue weighted by Crippen LogP contribution is 2.33. The minimum Gasteiger partial charge on any atom is -0.496 e. The first-order valence-corrected chi connectivity index (χ1v) is 8.09. The molecular formula is C17H16N4O2S. The first-order valence-electron chi connectivity index (χ1n) is 7.27. The quantitative estimate of drug-likeness (QED) is 0.747. The smallest absolute Gasteiger partial charge is 0.325 e. The third-order valence-corrected chi connectivity index (χ3v) is 4.16. The maximum absolute atomic E-state index is 12.0. The molecule has 0 radical (unpaired) electrons. The van der Waals surface area contributed by atoms with Gasteiger partial charge in [0.25, 0.3) is 0 Å². The Kier molecular flexibility index (Phi) is 4.72. The van der Waals surface area contributed by atoms with Crippen molar-refractivity contribution in [2.45, 2.75) is 6.92 Å². The van der Waals surface area contributed by atoms with Gasteiger partial charge in [0, 0.05) is 5.69 Å². The van der Waals surface area contributed by atoms with Gasteiger partial charge < -0.3 is 10.1 Å². The molecular weight excluding hydrogens is 324 g/mol. The van der Waals surface area contributed by atoms with Gasteiger partial charge >= 0.3 is 6.03 Å². The number of rotatable bonds is 4. The van der Waals surface area contributed by atoms with Crippen LogP contribution in [0.4, 0.5) is 15.6 Å². The van der Waals surface area contributed by atoms with Gasteiger partial charge in [0.15, 0.2) is 5.01 Å². The average molecular weight is 340 g/mol. The number of aryl methyl sites for hydroxylation is 1. The molecule has 3 rings (SSSR count). The Morgan fingerprint density at radius 1 is 1.04 bits per heavy atom. The number of anilines is 2. The molecule has 0 aliphatic rings. The number of nitrogens with zero attached hydrogens (tertiary/aromatic N) is 2. The number of para-hydroxylation sites is 1. The summed E-state index contributed by atoms with van der Waals surface area (Å²) in [6.45, 7) is 1.99. The molecule has 0 saturated heterocycles. The summed E-state index contributed by atoms with van der Waals surface area (Å²) in [5.74, 6) is 0.712. The number of hydrogen-bond donors (Lipinski definition) is 2. The molecule has 1 heterocycles. The molecule has 0 aliphatic carbocycles. The zero-order valence-corrected chi connectivity index (χ0v) is 14.1. The Hall–Kier alpha value is -2.93. The molecule has 1 aromatic heterocycles. The lowest BCUT2D eigenvalue weighted by Crippen LogP contribution is -2.19. The highest BCUT2D eigenvalue weighted by molar-refractivity contribution is 7.18. The van der Waals surface area contributed by atoms with Crippen molar-refractivity contribution < 1.29 is 9.53 Å². The summed E-state index contributed by atoms with van der Waals surface area (Å²) in [5, 5.41) is 14.7. The molecule has 2 N–H and O–H groups in total. The number of methoxy groups -OCH3 is 1. The maximum Gasteiger partial charge on any atom is 0.325 e. The van der Waals surface area contributed by atoms with Crippen LogP contribution < -0.4 is 15.4 Å². The van der Waals surface area contributed by atoms with Crippen molar-refractivity contribution in [2.24, 2.45) is 0 Å². The molecule has 0 fully saturated rings. The Balaban J connectivity index is 1.69. The van der Waals surface area contributed by atoms with E-state index in [-0.39, 0.29) is 6.03 Å². The van der Waals surface area contributed by atoms with Crippen molar-refractivity contribution in [1.29, 1.82) is 0 Å². The fourth-order valence-electron chi connectivity index (χ4n) is 2.10. The molecule has 0 bridgehead atoms. The average Bonchev–Trinajstić information content (AvgIpc) is 3.05. The number of carbonyl (C=O) groups is 1. The molecule has 3 aromatic rings. The second-order valence-corrected chi connectivity index (χ2v) is 6.04. The Morgan fingerprint density at radius 2 is 1.79 bits per heavy atom. The van der Waals surface area contributed by atoms with Gasteiger partial charge in [-0.05, 0) is 31.2 Å². The minimum absolute atomic E-state index is 0.360. The summed E-state index contributed by atoms with van der Waals surface area (Å²) < 4.78 is 5.32. The topological polar surface area (TPSA) is 76.1 Å². The molecule has 2 amide bonds. The van der Waals surface area contributed by atoms with E-state index >= 15 is 0 Å². The van der Waals surface area contributed by atoms with Crippen LogP contribution in [0.3, 0.4) is 0 Å². The van der Waals surface area contributed by atoms with Crippen LogP contribution in [0.1, 0.15) is 5.56 Å². The molecule has 0 atom stereocenters. The summed E-state index contributed by atoms with van der Waals surface area (Å²) in [7, 11) is 1.61. The zero-order chi connectivity index (χ0) is 16.9. The summed E-state index contributed by atoms with van der Waals surface area (Å²) in [6, 6.07) is 14.7. The number of urea groups is 1. The minimum atomic E-state index is -0.360. The predicted octanol–water partition coefficient (Wildman–Crippen LogP) is 4.17. The molecule has 0 aliphatic heterocycles. The van der Waals surface area contributed by atoms with E-state index in [1.54, 1.807) is 7.11 Å². The van der Waals surface area contributed by atoms with Crippen LogP contribution in [0.25, 0.3) is 10.6 Å². The number of carbonyl (C=O) groups excluding carboxylic acids is 1. The van der Waals surface area contributed by atoms with Gasteiger partial charge in [0.1, 0.15) is 5.75 Å². The van der Waals surface area contributed by atoms with Gasteiger partial charge in [-0.1, -0.05) is 41.2 Å². The largest absolute Gasteiger partial charge is 0.496 e. The summed E-state index contributed by atoms with van der Waals surface area (Å²) in [4.78, 5) is 12.0. The number of nitrogens with one attached hydrogen (secondary N) is 2. The van der Waals surface area contributed by atoms with Crippen LogP contribution in [0.15, 0.2) is 48.5 Å². The second kappa shape index (κ2) is 7.10. The standard InChI is InChI=1S/C17H16N4O2S/c1-11-7-9-12(10-8-11)18-16(22)19-17-21-20-15(24-17)13-5-3-4-6-14(13)23-2/h3-10H,1-2H3,(H2,18,19,21,22). The number of ether oxygens (including phenoxy) is 1. The molecule has 7 heteroatoms. The van der Waals surface area contributed by atoms with E-state index in [1.165, 1.54) is 11.3 Å². The fraction of sp³-hybridized carbons (Fsp3) is 0.118. The lowest BCUT2D eigenvalue weighted by atomic mass is 10.2. The molecule has 24 heavy (non-hydrogen) atoms. The molecule has 2 aromatic carbocycles. The maximum atomic E-state index is 12.0. The first-order chi connectivity index (χ1) is 11.7. The fourth-order valence-corrected chi connectivity index (χ4v) is 2.87.